The van der Waals surface area contributed by atoms with Gasteiger partial charge in [0.1, 0.15) is 37.1 Å². The Labute approximate surface area is 271 Å². The number of carboxylic acid groups (broad SMARTS) is 1. The van der Waals surface area contributed by atoms with Crippen molar-refractivity contribution in [2.75, 3.05) is 26.4 Å². The lowest BCUT2D eigenvalue weighted by Crippen LogP contribution is -2.62. The number of ether oxygens (including phenoxy) is 6. The highest BCUT2D eigenvalue weighted by Gasteiger charge is 2.56. The van der Waals surface area contributed by atoms with Crippen molar-refractivity contribution in [3.63, 3.8) is 0 Å². The summed E-state index contributed by atoms with van der Waals surface area (Å²) in [6.07, 6.45) is -7.87. The lowest BCUT2D eigenvalue weighted by atomic mass is 9.83. The number of aliphatic hydroxyl groups excluding tert-OH is 6. The highest BCUT2D eigenvalue weighted by molar-refractivity contribution is 5.88. The summed E-state index contributed by atoms with van der Waals surface area (Å²) < 4.78 is 33.8. The average Bonchev–Trinajstić information content (AvgIpc) is 3.49. The second-order valence-corrected chi connectivity index (χ2v) is 12.6. The maximum absolute atomic E-state index is 12.5. The molecule has 0 unspecified atom stereocenters. The molecule has 1 saturated carbocycles. The van der Waals surface area contributed by atoms with Gasteiger partial charge in [0.15, 0.2) is 18.2 Å². The van der Waals surface area contributed by atoms with Gasteiger partial charge in [0, 0.05) is 17.4 Å². The summed E-state index contributed by atoms with van der Waals surface area (Å²) in [6, 6.07) is 0. The number of allylic oxidation sites excluding steroid dienone is 2. The molecule has 0 bridgehead atoms. The molecule has 0 radical (unpaired) electrons. The molecule has 0 aromatic carbocycles. The van der Waals surface area contributed by atoms with Gasteiger partial charge in [-0.2, -0.15) is 0 Å². The van der Waals surface area contributed by atoms with E-state index in [4.69, 9.17) is 33.5 Å². The van der Waals surface area contributed by atoms with Crippen LogP contribution in [-0.2, 0) is 38.0 Å². The first kappa shape index (κ1) is 37.3. The predicted octanol–water partition coefficient (Wildman–Crippen LogP) is -1.56. The number of aliphatic hydroxyl groups is 7. The van der Waals surface area contributed by atoms with E-state index in [0.29, 0.717) is 12.8 Å². The second kappa shape index (κ2) is 15.8. The van der Waals surface area contributed by atoms with E-state index < -0.39 is 111 Å². The van der Waals surface area contributed by atoms with Crippen molar-refractivity contribution in [3.8, 4) is 0 Å². The van der Waals surface area contributed by atoms with E-state index in [-0.39, 0.29) is 24.2 Å². The highest BCUT2D eigenvalue weighted by atomic mass is 16.8. The van der Waals surface area contributed by atoms with Crippen LogP contribution in [0.3, 0.4) is 0 Å². The number of carbonyl (C=O) groups is 2. The molecule has 0 aromatic heterocycles. The molecule has 16 nitrogen and oxygen atoms in total. The van der Waals surface area contributed by atoms with Crippen LogP contribution in [0, 0.1) is 17.8 Å². The summed E-state index contributed by atoms with van der Waals surface area (Å²) in [4.78, 5) is 24.3. The van der Waals surface area contributed by atoms with Crippen molar-refractivity contribution < 1.29 is 78.9 Å². The third-order valence-electron chi connectivity index (χ3n) is 9.36. The van der Waals surface area contributed by atoms with E-state index in [1.165, 1.54) is 6.92 Å². The molecule has 0 spiro atoms. The molecule has 2 saturated heterocycles. The van der Waals surface area contributed by atoms with Crippen molar-refractivity contribution in [2.45, 2.75) is 101 Å². The molecule has 3 fully saturated rings. The lowest BCUT2D eigenvalue weighted by molar-refractivity contribution is -0.365. The predicted molar refractivity (Wildman–Crippen MR) is 157 cm³/mol. The average molecular weight is 675 g/mol. The van der Waals surface area contributed by atoms with Gasteiger partial charge in [-0.3, -0.25) is 0 Å². The summed E-state index contributed by atoms with van der Waals surface area (Å²) in [6.45, 7) is 3.07. The second-order valence-electron chi connectivity index (χ2n) is 12.6. The summed E-state index contributed by atoms with van der Waals surface area (Å²) in [5.41, 5.74) is -0.943. The molecule has 13 atom stereocenters. The minimum absolute atomic E-state index is 0.0437. The molecule has 16 heteroatoms. The molecule has 47 heavy (non-hydrogen) atoms. The Kier molecular flexibility index (Phi) is 12.6. The SMILES string of the molecule is C/C(=C\CO)CC/C=C(\C)C(=O)OC[C@]1(O)CO[C@@H](O[C@H]2[C@H](O[C@@H]3OC=C(C(=O)O)[C@H]4C[C@H](O)[C@@H](C)[C@@H]34)O[C@H](CO)[C@@H](O)[C@@H]2O)[C@H]1O. The molecular weight excluding hydrogens is 628 g/mol. The van der Waals surface area contributed by atoms with Crippen LogP contribution in [-0.4, -0.2) is 140 Å². The summed E-state index contributed by atoms with van der Waals surface area (Å²) >= 11 is 0. The molecule has 4 aliphatic rings. The Morgan fingerprint density at radius 2 is 1.77 bits per heavy atom. The molecule has 0 amide bonds. The van der Waals surface area contributed by atoms with Crippen LogP contribution in [0.15, 0.2) is 35.1 Å². The van der Waals surface area contributed by atoms with Gasteiger partial charge in [-0.05, 0) is 39.0 Å². The zero-order valence-electron chi connectivity index (χ0n) is 26.5. The van der Waals surface area contributed by atoms with Crippen LogP contribution >= 0.6 is 0 Å². The van der Waals surface area contributed by atoms with Crippen molar-refractivity contribution in [1.29, 1.82) is 0 Å². The largest absolute Gasteiger partial charge is 0.478 e. The first-order valence-corrected chi connectivity index (χ1v) is 15.5. The molecule has 8 N–H and O–H groups in total. The maximum atomic E-state index is 12.5. The molecule has 0 aromatic rings. The maximum Gasteiger partial charge on any atom is 0.334 e. The molecule has 3 heterocycles. The highest BCUT2D eigenvalue weighted by Crippen LogP contribution is 2.47. The molecular formula is C31H46O16. The van der Waals surface area contributed by atoms with Crippen LogP contribution < -0.4 is 0 Å². The summed E-state index contributed by atoms with van der Waals surface area (Å²) in [5.74, 6) is -3.71. The van der Waals surface area contributed by atoms with Gasteiger partial charge in [-0.25, -0.2) is 9.59 Å². The van der Waals surface area contributed by atoms with Gasteiger partial charge >= 0.3 is 11.9 Å². The van der Waals surface area contributed by atoms with Gasteiger partial charge in [-0.15, -0.1) is 0 Å². The van der Waals surface area contributed by atoms with E-state index >= 15 is 0 Å². The van der Waals surface area contributed by atoms with E-state index in [2.05, 4.69) is 0 Å². The van der Waals surface area contributed by atoms with Gasteiger partial charge in [0.05, 0.1) is 37.8 Å². The number of aliphatic carboxylic acids is 1. The van der Waals surface area contributed by atoms with Crippen LogP contribution in [0.5, 0.6) is 0 Å². The number of carboxylic acids is 1. The van der Waals surface area contributed by atoms with Crippen molar-refractivity contribution >= 4 is 11.9 Å². The zero-order chi connectivity index (χ0) is 34.6. The van der Waals surface area contributed by atoms with E-state index in [0.717, 1.165) is 11.8 Å². The normalized spacial score (nSPS) is 40.9. The minimum Gasteiger partial charge on any atom is -0.478 e. The Hall–Kier alpha value is -2.48. The van der Waals surface area contributed by atoms with E-state index in [1.807, 2.05) is 6.92 Å². The first-order chi connectivity index (χ1) is 22.2. The fourth-order valence-corrected chi connectivity index (χ4v) is 6.33. The Balaban J connectivity index is 1.43. The Bertz CT molecular complexity index is 1200. The monoisotopic (exact) mass is 674 g/mol. The number of hydrogen-bond acceptors (Lipinski definition) is 15. The van der Waals surface area contributed by atoms with Gasteiger partial charge in [0.25, 0.3) is 0 Å². The fraction of sp³-hybridized carbons (Fsp3) is 0.742. The van der Waals surface area contributed by atoms with Crippen LogP contribution in [0.25, 0.3) is 0 Å². The van der Waals surface area contributed by atoms with Gasteiger partial charge < -0.3 is 69.3 Å². The smallest absolute Gasteiger partial charge is 0.334 e. The van der Waals surface area contributed by atoms with Gasteiger partial charge in [0.2, 0.25) is 6.29 Å². The zero-order valence-corrected chi connectivity index (χ0v) is 26.5. The number of hydrogen-bond donors (Lipinski definition) is 8. The van der Waals surface area contributed by atoms with Crippen LogP contribution in [0.4, 0.5) is 0 Å². The number of fused-ring (bicyclic) bond motifs is 1. The van der Waals surface area contributed by atoms with Gasteiger partial charge in [-0.1, -0.05) is 24.6 Å². The number of esters is 1. The fourth-order valence-electron chi connectivity index (χ4n) is 6.33. The minimum atomic E-state index is -2.11. The van der Waals surface area contributed by atoms with Crippen LogP contribution in [0.2, 0.25) is 0 Å². The molecule has 1 aliphatic carbocycles. The van der Waals surface area contributed by atoms with Crippen molar-refractivity contribution in [2.24, 2.45) is 17.8 Å². The van der Waals surface area contributed by atoms with E-state index in [1.54, 1.807) is 19.1 Å². The van der Waals surface area contributed by atoms with Crippen LogP contribution in [0.1, 0.15) is 40.0 Å². The topological polar surface area (TPSA) is 251 Å². The summed E-state index contributed by atoms with van der Waals surface area (Å²) in [5, 5.41) is 82.4. The molecule has 266 valence electrons. The Morgan fingerprint density at radius 3 is 2.43 bits per heavy atom. The lowest BCUT2D eigenvalue weighted by Gasteiger charge is -2.45. The molecule has 3 aliphatic heterocycles. The first-order valence-electron chi connectivity index (χ1n) is 15.5. The summed E-state index contributed by atoms with van der Waals surface area (Å²) in [7, 11) is 0. The van der Waals surface area contributed by atoms with Crippen molar-refractivity contribution in [3.05, 3.63) is 35.1 Å². The standard InChI is InChI=1S/C31H46O16/c1-14(7-8-32)5-4-6-15(2)27(40)43-12-31(41)13-44-30(25(31)37)46-24-23(36)22(35)20(10-33)45-29(24)47-28-21-16(3)19(34)9-17(21)18(11-42-28)26(38)39/h6-7,11,16-17,19-25,28-30,32-37,41H,4-5,8-10,12-13H2,1-3H3,(H,38,39)/b14-7+,15-6+/t16-,17-,19+,20-,21-,22-,23+,24-,25-,28+,29+,30+,31+/m1/s1. The Morgan fingerprint density at radius 1 is 1.04 bits per heavy atom. The van der Waals surface area contributed by atoms with Crippen molar-refractivity contribution in [1.82, 2.24) is 0 Å². The third kappa shape index (κ3) is 8.22. The van der Waals surface area contributed by atoms with E-state index in [9.17, 15) is 45.3 Å². The third-order valence-corrected chi connectivity index (χ3v) is 9.36. The number of carbonyl (C=O) groups excluding carboxylic acids is 1. The quantitative estimate of drug-likeness (QED) is 0.0625. The number of rotatable bonds is 13. The molecule has 4 rings (SSSR count).